The van der Waals surface area contributed by atoms with Crippen LogP contribution in [0.1, 0.15) is 92.4 Å². The maximum Gasteiger partial charge on any atom is 0.155 e. The van der Waals surface area contributed by atoms with E-state index in [0.29, 0.717) is 17.1 Å². The topological polar surface area (TPSA) is 37.3 Å². The van der Waals surface area contributed by atoms with E-state index >= 15 is 0 Å². The van der Waals surface area contributed by atoms with Gasteiger partial charge in [0.1, 0.15) is 0 Å². The van der Waals surface area contributed by atoms with Crippen LogP contribution in [0.25, 0.3) is 0 Å². The summed E-state index contributed by atoms with van der Waals surface area (Å²) < 4.78 is 0. The van der Waals surface area contributed by atoms with Gasteiger partial charge in [0, 0.05) is 6.42 Å². The molecular formula is C27H42O2. The normalized spacial score (nSPS) is 43.5. The molecular weight excluding hydrogens is 356 g/mol. The van der Waals surface area contributed by atoms with Crippen molar-refractivity contribution < 1.29 is 9.90 Å². The zero-order valence-corrected chi connectivity index (χ0v) is 19.3. The Hall–Kier alpha value is -0.890. The Morgan fingerprint density at radius 1 is 1.14 bits per heavy atom. The predicted octanol–water partition coefficient (Wildman–Crippen LogP) is 6.49. The van der Waals surface area contributed by atoms with Gasteiger partial charge < -0.3 is 5.11 Å². The lowest BCUT2D eigenvalue weighted by Crippen LogP contribution is -2.50. The third-order valence-corrected chi connectivity index (χ3v) is 9.73. The van der Waals surface area contributed by atoms with Gasteiger partial charge in [-0.1, -0.05) is 38.5 Å². The summed E-state index contributed by atoms with van der Waals surface area (Å²) in [6.45, 7) is 11.3. The lowest BCUT2D eigenvalue weighted by molar-refractivity contribution is -0.117. The molecule has 2 nitrogen and oxygen atoms in total. The van der Waals surface area contributed by atoms with E-state index in [4.69, 9.17) is 0 Å². The number of aliphatic hydroxyl groups is 1. The smallest absolute Gasteiger partial charge is 0.155 e. The fourth-order valence-electron chi connectivity index (χ4n) is 8.17. The summed E-state index contributed by atoms with van der Waals surface area (Å²) in [5.74, 6) is 4.21. The second-order valence-corrected chi connectivity index (χ2v) is 12.0. The van der Waals surface area contributed by atoms with Crippen molar-refractivity contribution in [3.05, 3.63) is 23.8 Å². The lowest BCUT2D eigenvalue weighted by atomic mass is 9.46. The van der Waals surface area contributed by atoms with E-state index in [1.807, 2.05) is 19.9 Å². The van der Waals surface area contributed by atoms with Gasteiger partial charge in [-0.2, -0.15) is 0 Å². The van der Waals surface area contributed by atoms with E-state index in [0.717, 1.165) is 49.4 Å². The zero-order valence-electron chi connectivity index (χ0n) is 19.3. The first-order valence-corrected chi connectivity index (χ1v) is 12.2. The summed E-state index contributed by atoms with van der Waals surface area (Å²) in [7, 11) is 0. The summed E-state index contributed by atoms with van der Waals surface area (Å²) in [5, 5.41) is 10.0. The van der Waals surface area contributed by atoms with Crippen LogP contribution in [0, 0.1) is 40.4 Å². The van der Waals surface area contributed by atoms with E-state index < -0.39 is 5.60 Å². The minimum atomic E-state index is -0.611. The highest BCUT2D eigenvalue weighted by atomic mass is 16.3. The van der Waals surface area contributed by atoms with Gasteiger partial charge >= 0.3 is 0 Å². The molecule has 29 heavy (non-hydrogen) atoms. The van der Waals surface area contributed by atoms with E-state index in [1.54, 1.807) is 0 Å². The molecule has 0 aromatic rings. The monoisotopic (exact) mass is 398 g/mol. The predicted molar refractivity (Wildman–Crippen MR) is 119 cm³/mol. The Morgan fingerprint density at radius 3 is 2.62 bits per heavy atom. The number of rotatable bonds is 4. The van der Waals surface area contributed by atoms with Crippen LogP contribution in [0.2, 0.25) is 0 Å². The minimum absolute atomic E-state index is 0.286. The maximum atomic E-state index is 12.0. The number of carbonyl (C=O) groups is 1. The molecule has 162 valence electrons. The molecule has 0 amide bonds. The quantitative estimate of drug-likeness (QED) is 0.550. The average molecular weight is 399 g/mol. The van der Waals surface area contributed by atoms with E-state index in [2.05, 4.69) is 32.9 Å². The van der Waals surface area contributed by atoms with Crippen LogP contribution < -0.4 is 0 Å². The summed E-state index contributed by atoms with van der Waals surface area (Å²) in [4.78, 5) is 12.0. The Labute approximate surface area is 178 Å². The maximum absolute atomic E-state index is 12.0. The molecule has 0 spiro atoms. The number of allylic oxidation sites excluding steroid dienone is 2. The molecule has 7 atom stereocenters. The van der Waals surface area contributed by atoms with E-state index in [9.17, 15) is 9.90 Å². The molecule has 0 aliphatic heterocycles. The van der Waals surface area contributed by atoms with Crippen molar-refractivity contribution in [2.75, 3.05) is 0 Å². The van der Waals surface area contributed by atoms with Crippen LogP contribution in [0.3, 0.4) is 0 Å². The molecule has 0 unspecified atom stereocenters. The number of fused-ring (bicyclic) bond motifs is 5. The van der Waals surface area contributed by atoms with Gasteiger partial charge in [-0.05, 0) is 112 Å². The van der Waals surface area contributed by atoms with E-state index in [-0.39, 0.29) is 5.41 Å². The Balaban J connectivity index is 1.52. The van der Waals surface area contributed by atoms with Crippen molar-refractivity contribution in [1.29, 1.82) is 0 Å². The molecule has 0 saturated heterocycles. The molecule has 0 aromatic carbocycles. The van der Waals surface area contributed by atoms with Crippen LogP contribution in [-0.2, 0) is 4.79 Å². The average Bonchev–Trinajstić information content (AvgIpc) is 2.98. The van der Waals surface area contributed by atoms with Crippen molar-refractivity contribution in [2.45, 2.75) is 98.0 Å². The second kappa shape index (κ2) is 7.36. The SMILES string of the molecule is C[C@H](/C=C/CC(C)(C)O)[C@H]1CC[C@H]2[C@@H]3CCC4=CC(=O)CC[C@]4(C)[C@H]3CC[C@]12C. The first kappa shape index (κ1) is 21.3. The fourth-order valence-corrected chi connectivity index (χ4v) is 8.17. The zero-order chi connectivity index (χ0) is 21.0. The second-order valence-electron chi connectivity index (χ2n) is 12.0. The largest absolute Gasteiger partial charge is 0.390 e. The number of ketones is 1. The molecule has 0 heterocycles. The van der Waals surface area contributed by atoms with Gasteiger partial charge in [0.25, 0.3) is 0 Å². The molecule has 3 fully saturated rings. The lowest BCUT2D eigenvalue weighted by Gasteiger charge is -2.58. The van der Waals surface area contributed by atoms with Crippen LogP contribution >= 0.6 is 0 Å². The van der Waals surface area contributed by atoms with Crippen molar-refractivity contribution in [3.8, 4) is 0 Å². The Morgan fingerprint density at radius 2 is 1.90 bits per heavy atom. The first-order chi connectivity index (χ1) is 13.5. The van der Waals surface area contributed by atoms with Gasteiger partial charge in [0.15, 0.2) is 5.78 Å². The van der Waals surface area contributed by atoms with E-state index in [1.165, 1.54) is 37.7 Å². The highest BCUT2D eigenvalue weighted by molar-refractivity contribution is 5.91. The number of hydrogen-bond acceptors (Lipinski definition) is 2. The molecule has 4 aliphatic rings. The Bertz CT molecular complexity index is 711. The van der Waals surface area contributed by atoms with Crippen molar-refractivity contribution in [1.82, 2.24) is 0 Å². The highest BCUT2D eigenvalue weighted by Gasteiger charge is 2.59. The first-order valence-electron chi connectivity index (χ1n) is 12.2. The van der Waals surface area contributed by atoms with Crippen molar-refractivity contribution in [2.24, 2.45) is 40.4 Å². The molecule has 3 saturated carbocycles. The van der Waals surface area contributed by atoms with Crippen LogP contribution in [-0.4, -0.2) is 16.5 Å². The minimum Gasteiger partial charge on any atom is -0.390 e. The number of hydrogen-bond donors (Lipinski definition) is 1. The molecule has 4 aliphatic carbocycles. The summed E-state index contributed by atoms with van der Waals surface area (Å²) >= 11 is 0. The number of carbonyl (C=O) groups excluding carboxylic acids is 1. The molecule has 4 rings (SSSR count). The van der Waals surface area contributed by atoms with Crippen molar-refractivity contribution in [3.63, 3.8) is 0 Å². The molecule has 1 N–H and O–H groups in total. The van der Waals surface area contributed by atoms with Crippen LogP contribution in [0.4, 0.5) is 0 Å². The van der Waals surface area contributed by atoms with Crippen molar-refractivity contribution >= 4 is 5.78 Å². The van der Waals surface area contributed by atoms with Gasteiger partial charge in [-0.15, -0.1) is 0 Å². The molecule has 2 heteroatoms. The van der Waals surface area contributed by atoms with Gasteiger partial charge in [-0.25, -0.2) is 0 Å². The highest BCUT2D eigenvalue weighted by Crippen LogP contribution is 2.67. The summed E-state index contributed by atoms with van der Waals surface area (Å²) in [6.07, 6.45) is 17.1. The Kier molecular flexibility index (Phi) is 5.42. The van der Waals surface area contributed by atoms with Crippen LogP contribution in [0.15, 0.2) is 23.8 Å². The third kappa shape index (κ3) is 3.68. The fraction of sp³-hybridized carbons (Fsp3) is 0.815. The molecule has 0 radical (unpaired) electrons. The standard InChI is InChI=1S/C27H42O2/c1-18(7-6-14-25(2,3)29)22-10-11-23-21-9-8-19-17-20(28)12-15-26(19,4)24(21)13-16-27(22,23)5/h6-7,17-18,21-24,29H,8-16H2,1-5H3/b7-6+/t18-,21+,22-,23+,24+,26+,27-/m1/s1. The summed E-state index contributed by atoms with van der Waals surface area (Å²) in [6, 6.07) is 0. The van der Waals surface area contributed by atoms with Gasteiger partial charge in [-0.3, -0.25) is 4.79 Å². The van der Waals surface area contributed by atoms with Crippen LogP contribution in [0.5, 0.6) is 0 Å². The third-order valence-electron chi connectivity index (χ3n) is 9.73. The molecule has 0 aromatic heterocycles. The summed E-state index contributed by atoms with van der Waals surface area (Å²) in [5.41, 5.74) is 1.62. The van der Waals surface area contributed by atoms with Gasteiger partial charge in [0.05, 0.1) is 5.60 Å². The molecule has 0 bridgehead atoms. The van der Waals surface area contributed by atoms with Gasteiger partial charge in [0.2, 0.25) is 0 Å².